The lowest BCUT2D eigenvalue weighted by atomic mass is 9.81. The van der Waals surface area contributed by atoms with E-state index < -0.39 is 11.9 Å². The topological polar surface area (TPSA) is 85.3 Å². The molecule has 0 radical (unpaired) electrons. The van der Waals surface area contributed by atoms with E-state index in [0.29, 0.717) is 5.76 Å². The van der Waals surface area contributed by atoms with E-state index in [1.807, 2.05) is 42.5 Å². The largest absolute Gasteiger partial charge is 0.458 e. The molecule has 0 aliphatic carbocycles. The number of hydrogen-bond donors (Lipinski definition) is 1. The van der Waals surface area contributed by atoms with Crippen LogP contribution in [0, 0.1) is 11.3 Å². The summed E-state index contributed by atoms with van der Waals surface area (Å²) in [5, 5.41) is 11.6. The number of carbonyl (C=O) groups is 1. The Kier molecular flexibility index (Phi) is 4.76. The second-order valence-electron chi connectivity index (χ2n) is 5.85. The van der Waals surface area contributed by atoms with Crippen LogP contribution in [0.2, 0.25) is 0 Å². The fourth-order valence-electron chi connectivity index (χ4n) is 3.17. The lowest BCUT2D eigenvalue weighted by molar-refractivity contribution is -0.138. The van der Waals surface area contributed by atoms with E-state index in [2.05, 4.69) is 12.6 Å². The summed E-state index contributed by atoms with van der Waals surface area (Å²) >= 11 is 0. The van der Waals surface area contributed by atoms with Gasteiger partial charge in [0.1, 0.15) is 24.0 Å². The average molecular weight is 346 g/mol. The number of nitriles is 1. The van der Waals surface area contributed by atoms with Crippen molar-refractivity contribution in [3.8, 4) is 6.07 Å². The van der Waals surface area contributed by atoms with E-state index in [4.69, 9.17) is 15.2 Å². The van der Waals surface area contributed by atoms with E-state index in [9.17, 15) is 10.1 Å². The van der Waals surface area contributed by atoms with E-state index in [-0.39, 0.29) is 23.6 Å². The lowest BCUT2D eigenvalue weighted by Gasteiger charge is -2.27. The van der Waals surface area contributed by atoms with Crippen molar-refractivity contribution in [2.45, 2.75) is 12.8 Å². The highest BCUT2D eigenvalue weighted by Crippen LogP contribution is 2.41. The van der Waals surface area contributed by atoms with Crippen LogP contribution in [0.15, 0.2) is 77.9 Å². The zero-order valence-electron chi connectivity index (χ0n) is 14.4. The van der Waals surface area contributed by atoms with Crippen LogP contribution >= 0.6 is 0 Å². The minimum atomic E-state index is -0.655. The van der Waals surface area contributed by atoms with Gasteiger partial charge in [-0.15, -0.1) is 0 Å². The highest BCUT2D eigenvalue weighted by Gasteiger charge is 2.36. The van der Waals surface area contributed by atoms with Crippen molar-refractivity contribution >= 4 is 16.7 Å². The number of carbonyl (C=O) groups excluding carboxylic acids is 1. The van der Waals surface area contributed by atoms with Gasteiger partial charge in [0.2, 0.25) is 5.88 Å². The summed E-state index contributed by atoms with van der Waals surface area (Å²) in [4.78, 5) is 12.7. The molecule has 0 amide bonds. The first-order chi connectivity index (χ1) is 12.6. The minimum absolute atomic E-state index is 0.00297. The zero-order valence-corrected chi connectivity index (χ0v) is 14.4. The van der Waals surface area contributed by atoms with E-state index in [1.54, 1.807) is 6.92 Å². The molecule has 1 heterocycles. The smallest absolute Gasteiger partial charge is 0.338 e. The molecule has 2 N–H and O–H groups in total. The second kappa shape index (κ2) is 7.16. The Morgan fingerprint density at radius 1 is 1.35 bits per heavy atom. The number of hydrogen-bond acceptors (Lipinski definition) is 5. The Balaban J connectivity index is 2.24. The molecule has 1 unspecified atom stereocenters. The number of rotatable bonds is 4. The maximum atomic E-state index is 12.7. The molecule has 5 nitrogen and oxygen atoms in total. The molecule has 0 spiro atoms. The predicted molar refractivity (Wildman–Crippen MR) is 98.5 cm³/mol. The molecule has 2 aromatic rings. The molecule has 1 aliphatic rings. The summed E-state index contributed by atoms with van der Waals surface area (Å²) in [5.74, 6) is -0.880. The third-order valence-electron chi connectivity index (χ3n) is 4.29. The van der Waals surface area contributed by atoms with Crippen molar-refractivity contribution < 1.29 is 14.3 Å². The Morgan fingerprint density at radius 2 is 2.08 bits per heavy atom. The third-order valence-corrected chi connectivity index (χ3v) is 4.29. The van der Waals surface area contributed by atoms with Crippen molar-refractivity contribution in [3.05, 3.63) is 83.5 Å². The highest BCUT2D eigenvalue weighted by molar-refractivity contribution is 5.95. The molecule has 1 aliphatic heterocycles. The zero-order chi connectivity index (χ0) is 18.7. The number of nitrogens with zero attached hydrogens (tertiary/aromatic N) is 1. The maximum Gasteiger partial charge on any atom is 0.338 e. The first-order valence-corrected chi connectivity index (χ1v) is 8.12. The van der Waals surface area contributed by atoms with Gasteiger partial charge >= 0.3 is 5.97 Å². The van der Waals surface area contributed by atoms with Gasteiger partial charge in [-0.3, -0.25) is 0 Å². The van der Waals surface area contributed by atoms with Crippen molar-refractivity contribution in [2.75, 3.05) is 6.61 Å². The summed E-state index contributed by atoms with van der Waals surface area (Å²) in [6.07, 6.45) is 1.49. The number of fused-ring (bicyclic) bond motifs is 1. The first-order valence-electron chi connectivity index (χ1n) is 8.12. The first kappa shape index (κ1) is 17.3. The van der Waals surface area contributed by atoms with Crippen molar-refractivity contribution in [3.63, 3.8) is 0 Å². The van der Waals surface area contributed by atoms with Crippen LogP contribution in [0.1, 0.15) is 18.4 Å². The van der Waals surface area contributed by atoms with Crippen LogP contribution in [0.5, 0.6) is 0 Å². The second-order valence-corrected chi connectivity index (χ2v) is 5.85. The van der Waals surface area contributed by atoms with Crippen LogP contribution < -0.4 is 5.73 Å². The number of allylic oxidation sites excluding steroid dienone is 2. The molecule has 130 valence electrons. The van der Waals surface area contributed by atoms with E-state index in [1.165, 1.54) is 6.08 Å². The van der Waals surface area contributed by atoms with Crippen molar-refractivity contribution in [2.24, 2.45) is 5.73 Å². The molecule has 0 fully saturated rings. The Hall–Kier alpha value is -3.52. The number of ether oxygens (including phenoxy) is 2. The Labute approximate surface area is 151 Å². The molecule has 1 atom stereocenters. The summed E-state index contributed by atoms with van der Waals surface area (Å²) in [7, 11) is 0. The minimum Gasteiger partial charge on any atom is -0.458 e. The molecule has 2 aromatic carbocycles. The number of benzene rings is 2. The molecule has 0 bridgehead atoms. The van der Waals surface area contributed by atoms with Crippen LogP contribution in [-0.2, 0) is 14.3 Å². The van der Waals surface area contributed by atoms with E-state index >= 15 is 0 Å². The van der Waals surface area contributed by atoms with Crippen LogP contribution in [-0.4, -0.2) is 12.6 Å². The maximum absolute atomic E-state index is 12.7. The van der Waals surface area contributed by atoms with Crippen LogP contribution in [0.4, 0.5) is 0 Å². The fraction of sp³-hybridized carbons (Fsp3) is 0.143. The van der Waals surface area contributed by atoms with Gasteiger partial charge in [-0.1, -0.05) is 55.1 Å². The molecule has 0 aromatic heterocycles. The number of esters is 1. The standard InChI is InChI=1S/C21H18N2O3/c1-3-11-25-21(24)18-13(2)26-20(23)17(12-22)19(18)16-10-6-8-14-7-4-5-9-15(14)16/h3-10,19H,1,11,23H2,2H3. The molecule has 5 heteroatoms. The van der Waals surface area contributed by atoms with Gasteiger partial charge in [0.05, 0.1) is 11.5 Å². The monoisotopic (exact) mass is 346 g/mol. The van der Waals surface area contributed by atoms with Crippen LogP contribution in [0.25, 0.3) is 10.8 Å². The summed E-state index contributed by atoms with van der Waals surface area (Å²) < 4.78 is 10.7. The molecular weight excluding hydrogens is 328 g/mol. The molecule has 26 heavy (non-hydrogen) atoms. The average Bonchev–Trinajstić information content (AvgIpc) is 2.65. The Bertz CT molecular complexity index is 990. The van der Waals surface area contributed by atoms with Crippen molar-refractivity contribution in [1.29, 1.82) is 5.26 Å². The van der Waals surface area contributed by atoms with Crippen molar-refractivity contribution in [1.82, 2.24) is 0 Å². The molecule has 0 saturated heterocycles. The highest BCUT2D eigenvalue weighted by atomic mass is 16.5. The van der Waals surface area contributed by atoms with Gasteiger partial charge in [-0.25, -0.2) is 4.79 Å². The van der Waals surface area contributed by atoms with Gasteiger partial charge in [0.25, 0.3) is 0 Å². The van der Waals surface area contributed by atoms with Gasteiger partial charge in [-0.05, 0) is 23.3 Å². The molecule has 3 rings (SSSR count). The van der Waals surface area contributed by atoms with E-state index in [0.717, 1.165) is 16.3 Å². The van der Waals surface area contributed by atoms with Gasteiger partial charge in [0.15, 0.2) is 0 Å². The van der Waals surface area contributed by atoms with Crippen LogP contribution in [0.3, 0.4) is 0 Å². The fourth-order valence-corrected chi connectivity index (χ4v) is 3.17. The lowest BCUT2D eigenvalue weighted by Crippen LogP contribution is -2.25. The summed E-state index contributed by atoms with van der Waals surface area (Å²) in [6.45, 7) is 5.26. The molecular formula is C21H18N2O3. The van der Waals surface area contributed by atoms with Gasteiger partial charge in [0, 0.05) is 0 Å². The SMILES string of the molecule is C=CCOC(=O)C1=C(C)OC(N)=C(C#N)C1c1cccc2ccccc12. The third kappa shape index (κ3) is 2.93. The quantitative estimate of drug-likeness (QED) is 0.674. The Morgan fingerprint density at radius 3 is 2.81 bits per heavy atom. The van der Waals surface area contributed by atoms with Gasteiger partial charge < -0.3 is 15.2 Å². The summed E-state index contributed by atoms with van der Waals surface area (Å²) in [6, 6.07) is 15.6. The normalized spacial score (nSPS) is 16.8. The number of nitrogens with two attached hydrogens (primary N) is 1. The molecule has 0 saturated carbocycles. The predicted octanol–water partition coefficient (Wildman–Crippen LogP) is 3.65. The van der Waals surface area contributed by atoms with Gasteiger partial charge in [-0.2, -0.15) is 5.26 Å². The summed E-state index contributed by atoms with van der Waals surface area (Å²) in [5.41, 5.74) is 7.21.